The molecule has 0 bridgehead atoms. The maximum absolute atomic E-state index is 13.4. The molecule has 0 saturated heterocycles. The summed E-state index contributed by atoms with van der Waals surface area (Å²) in [4.78, 5) is 28.5. The minimum Gasteiger partial charge on any atom is -0.494 e. The maximum atomic E-state index is 13.4. The molecule has 2 aromatic carbocycles. The summed E-state index contributed by atoms with van der Waals surface area (Å²) >= 11 is 0. The minimum atomic E-state index is -0.440. The first-order valence-electron chi connectivity index (χ1n) is 11.7. The van der Waals surface area contributed by atoms with Crippen LogP contribution >= 0.6 is 0 Å². The van der Waals surface area contributed by atoms with Crippen LogP contribution in [0.4, 0.5) is 0 Å². The molecule has 0 N–H and O–H groups in total. The minimum absolute atomic E-state index is 0.127. The molecule has 1 aliphatic heterocycles. The van der Waals surface area contributed by atoms with Gasteiger partial charge in [0.2, 0.25) is 5.76 Å². The average molecular weight is 434 g/mol. The SMILES string of the molecule is CCCCCOc1ccc(C2c3c(oc4ccccc4c3=O)C(=O)N2CCCCC)cc1. The molecule has 4 rings (SSSR count). The zero-order valence-corrected chi connectivity index (χ0v) is 18.9. The van der Waals surface area contributed by atoms with Crippen LogP contribution < -0.4 is 10.2 Å². The number of hydrogen-bond donors (Lipinski definition) is 0. The Bertz CT molecular complexity index is 1130. The zero-order valence-electron chi connectivity index (χ0n) is 18.9. The highest BCUT2D eigenvalue weighted by atomic mass is 16.5. The summed E-state index contributed by atoms with van der Waals surface area (Å²) in [6.07, 6.45) is 6.31. The third-order valence-corrected chi connectivity index (χ3v) is 6.09. The molecule has 5 heteroatoms. The fourth-order valence-electron chi connectivity index (χ4n) is 4.36. The molecular formula is C27H31NO4. The standard InChI is InChI=1S/C27H31NO4/c1-3-5-9-17-28-24(19-13-15-20(16-14-19)31-18-10-6-4-2)23-25(29)21-11-7-8-12-22(21)32-26(23)27(28)30/h7-8,11-16,24H,3-6,9-10,17-18H2,1-2H3. The van der Waals surface area contributed by atoms with E-state index in [1.165, 1.54) is 0 Å². The maximum Gasteiger partial charge on any atom is 0.290 e. The number of para-hydroxylation sites is 1. The molecule has 1 aromatic heterocycles. The van der Waals surface area contributed by atoms with Crippen LogP contribution in [0.3, 0.4) is 0 Å². The Morgan fingerprint density at radius 2 is 1.62 bits per heavy atom. The van der Waals surface area contributed by atoms with Crippen molar-refractivity contribution in [2.75, 3.05) is 13.2 Å². The van der Waals surface area contributed by atoms with Crippen molar-refractivity contribution in [3.8, 4) is 5.75 Å². The molecule has 168 valence electrons. The lowest BCUT2D eigenvalue weighted by molar-refractivity contribution is 0.0724. The number of rotatable bonds is 10. The van der Waals surface area contributed by atoms with E-state index in [0.717, 1.165) is 49.8 Å². The van der Waals surface area contributed by atoms with Gasteiger partial charge in [-0.25, -0.2) is 0 Å². The van der Waals surface area contributed by atoms with Crippen LogP contribution in [0.1, 0.15) is 80.1 Å². The Labute approximate surface area is 189 Å². The molecule has 0 radical (unpaired) electrons. The van der Waals surface area contributed by atoms with Crippen molar-refractivity contribution in [1.82, 2.24) is 4.90 Å². The Balaban J connectivity index is 1.70. The Kier molecular flexibility index (Phi) is 6.93. The van der Waals surface area contributed by atoms with E-state index in [4.69, 9.17) is 9.15 Å². The zero-order chi connectivity index (χ0) is 22.5. The smallest absolute Gasteiger partial charge is 0.290 e. The van der Waals surface area contributed by atoms with Crippen molar-refractivity contribution in [2.24, 2.45) is 0 Å². The number of hydrogen-bond acceptors (Lipinski definition) is 4. The molecule has 2 heterocycles. The van der Waals surface area contributed by atoms with Crippen LogP contribution in [-0.4, -0.2) is 24.0 Å². The second kappa shape index (κ2) is 10.0. The highest BCUT2D eigenvalue weighted by molar-refractivity contribution is 5.99. The molecule has 0 aliphatic carbocycles. The van der Waals surface area contributed by atoms with Crippen LogP contribution in [0.25, 0.3) is 11.0 Å². The van der Waals surface area contributed by atoms with Gasteiger partial charge in [0.1, 0.15) is 11.3 Å². The van der Waals surface area contributed by atoms with E-state index in [9.17, 15) is 9.59 Å². The van der Waals surface area contributed by atoms with Crippen molar-refractivity contribution < 1.29 is 13.9 Å². The fourth-order valence-corrected chi connectivity index (χ4v) is 4.36. The second-order valence-corrected chi connectivity index (χ2v) is 8.40. The van der Waals surface area contributed by atoms with Crippen molar-refractivity contribution in [1.29, 1.82) is 0 Å². The second-order valence-electron chi connectivity index (χ2n) is 8.40. The number of carbonyl (C=O) groups excluding carboxylic acids is 1. The molecule has 1 unspecified atom stereocenters. The Morgan fingerprint density at radius 1 is 0.906 bits per heavy atom. The fraction of sp³-hybridized carbons (Fsp3) is 0.407. The molecule has 0 saturated carbocycles. The lowest BCUT2D eigenvalue weighted by Crippen LogP contribution is -2.30. The van der Waals surface area contributed by atoms with Crippen molar-refractivity contribution >= 4 is 16.9 Å². The molecule has 1 amide bonds. The van der Waals surface area contributed by atoms with Crippen LogP contribution in [0.5, 0.6) is 5.75 Å². The number of fused-ring (bicyclic) bond motifs is 2. The van der Waals surface area contributed by atoms with E-state index in [1.807, 2.05) is 36.4 Å². The van der Waals surface area contributed by atoms with E-state index in [0.29, 0.717) is 29.7 Å². The number of carbonyl (C=O) groups is 1. The van der Waals surface area contributed by atoms with Gasteiger partial charge in [-0.3, -0.25) is 9.59 Å². The van der Waals surface area contributed by atoms with Crippen LogP contribution in [0, 0.1) is 0 Å². The Morgan fingerprint density at radius 3 is 2.38 bits per heavy atom. The number of amides is 1. The van der Waals surface area contributed by atoms with Gasteiger partial charge in [-0.05, 0) is 42.7 Å². The van der Waals surface area contributed by atoms with Crippen molar-refractivity contribution in [2.45, 2.75) is 58.4 Å². The summed E-state index contributed by atoms with van der Waals surface area (Å²) < 4.78 is 11.8. The van der Waals surface area contributed by atoms with Crippen molar-refractivity contribution in [3.63, 3.8) is 0 Å². The normalized spacial score (nSPS) is 15.4. The van der Waals surface area contributed by atoms with Crippen LogP contribution in [-0.2, 0) is 0 Å². The van der Waals surface area contributed by atoms with Gasteiger partial charge in [0.25, 0.3) is 5.91 Å². The third-order valence-electron chi connectivity index (χ3n) is 6.09. The number of nitrogens with zero attached hydrogens (tertiary/aromatic N) is 1. The topological polar surface area (TPSA) is 59.8 Å². The lowest BCUT2D eigenvalue weighted by Gasteiger charge is -2.25. The molecule has 1 atom stereocenters. The first kappa shape index (κ1) is 22.1. The summed E-state index contributed by atoms with van der Waals surface area (Å²) in [5.41, 5.74) is 1.67. The predicted octanol–water partition coefficient (Wildman–Crippen LogP) is 6.10. The number of unbranched alkanes of at least 4 members (excludes halogenated alkanes) is 4. The summed E-state index contributed by atoms with van der Waals surface area (Å²) in [5.74, 6) is 0.774. The quantitative estimate of drug-likeness (QED) is 0.363. The molecule has 32 heavy (non-hydrogen) atoms. The van der Waals surface area contributed by atoms with Gasteiger partial charge in [0.05, 0.1) is 23.6 Å². The monoisotopic (exact) mass is 433 g/mol. The van der Waals surface area contributed by atoms with Crippen molar-refractivity contribution in [3.05, 3.63) is 75.6 Å². The lowest BCUT2D eigenvalue weighted by atomic mass is 9.98. The molecule has 3 aromatic rings. The van der Waals surface area contributed by atoms with Crippen LogP contribution in [0.15, 0.2) is 57.7 Å². The summed E-state index contributed by atoms with van der Waals surface area (Å²) in [6.45, 7) is 5.58. The Hall–Kier alpha value is -3.08. The van der Waals surface area contributed by atoms with Gasteiger partial charge < -0.3 is 14.1 Å². The highest BCUT2D eigenvalue weighted by Gasteiger charge is 2.42. The first-order chi connectivity index (χ1) is 15.7. The number of benzene rings is 2. The van der Waals surface area contributed by atoms with Gasteiger partial charge in [0, 0.05) is 6.54 Å². The van der Waals surface area contributed by atoms with E-state index in [2.05, 4.69) is 13.8 Å². The van der Waals surface area contributed by atoms with E-state index in [1.54, 1.807) is 17.0 Å². The largest absolute Gasteiger partial charge is 0.494 e. The number of ether oxygens (including phenoxy) is 1. The molecule has 0 spiro atoms. The van der Waals surface area contributed by atoms with E-state index < -0.39 is 6.04 Å². The average Bonchev–Trinajstić information content (AvgIpc) is 3.09. The summed E-state index contributed by atoms with van der Waals surface area (Å²) in [5, 5.41) is 0.510. The predicted molar refractivity (Wildman–Crippen MR) is 126 cm³/mol. The van der Waals surface area contributed by atoms with E-state index >= 15 is 0 Å². The van der Waals surface area contributed by atoms with Gasteiger partial charge in [-0.15, -0.1) is 0 Å². The first-order valence-corrected chi connectivity index (χ1v) is 11.7. The van der Waals surface area contributed by atoms with Gasteiger partial charge in [0.15, 0.2) is 5.43 Å². The summed E-state index contributed by atoms with van der Waals surface area (Å²) in [7, 11) is 0. The van der Waals surface area contributed by atoms with Gasteiger partial charge in [-0.2, -0.15) is 0 Å². The molecule has 1 aliphatic rings. The third kappa shape index (κ3) is 4.29. The van der Waals surface area contributed by atoms with Gasteiger partial charge in [-0.1, -0.05) is 63.8 Å². The summed E-state index contributed by atoms with van der Waals surface area (Å²) in [6, 6.07) is 14.5. The molecule has 5 nitrogen and oxygen atoms in total. The van der Waals surface area contributed by atoms with E-state index in [-0.39, 0.29) is 17.1 Å². The van der Waals surface area contributed by atoms with Gasteiger partial charge >= 0.3 is 0 Å². The highest BCUT2D eigenvalue weighted by Crippen LogP contribution is 2.38. The molecule has 0 fully saturated rings. The molecular weight excluding hydrogens is 402 g/mol. The van der Waals surface area contributed by atoms with Crippen LogP contribution in [0.2, 0.25) is 0 Å².